The molecule has 0 rings (SSSR count). The van der Waals surface area contributed by atoms with Crippen LogP contribution in [0.5, 0.6) is 0 Å². The van der Waals surface area contributed by atoms with E-state index in [1.807, 2.05) is 0 Å². The summed E-state index contributed by atoms with van der Waals surface area (Å²) < 4.78 is 27.5. The van der Waals surface area contributed by atoms with E-state index < -0.39 is 18.6 Å². The van der Waals surface area contributed by atoms with Crippen molar-refractivity contribution >= 4 is 0 Å². The van der Waals surface area contributed by atoms with Gasteiger partial charge in [0.2, 0.25) is 0 Å². The third-order valence-electron chi connectivity index (χ3n) is 0.718. The monoisotopic (exact) mass is 153 g/mol. The number of ether oxygens (including phenoxy) is 1. The highest BCUT2D eigenvalue weighted by Gasteiger charge is 2.11. The van der Waals surface area contributed by atoms with E-state index in [0.717, 1.165) is 0 Å². The molecule has 4 heteroatoms. The predicted molar refractivity (Wildman–Crippen MR) is 35.1 cm³/mol. The van der Waals surface area contributed by atoms with Gasteiger partial charge in [-0.25, -0.2) is 8.78 Å². The van der Waals surface area contributed by atoms with Crippen molar-refractivity contribution in [3.63, 3.8) is 0 Å². The van der Waals surface area contributed by atoms with Gasteiger partial charge in [0.05, 0.1) is 6.61 Å². The number of halogens is 2. The lowest BCUT2D eigenvalue weighted by Gasteiger charge is -2.17. The Balaban J connectivity index is 3.21. The molecule has 0 aliphatic rings. The number of hydrogen-bond donors (Lipinski definition) is 1. The van der Waals surface area contributed by atoms with E-state index in [9.17, 15) is 8.78 Å². The second kappa shape index (κ2) is 3.83. The molecule has 0 saturated carbocycles. The van der Waals surface area contributed by atoms with Gasteiger partial charge in [0.25, 0.3) is 6.43 Å². The van der Waals surface area contributed by atoms with Gasteiger partial charge in [-0.2, -0.15) is 0 Å². The van der Waals surface area contributed by atoms with Crippen LogP contribution < -0.4 is 5.73 Å². The Hall–Kier alpha value is -0.220. The van der Waals surface area contributed by atoms with E-state index in [1.165, 1.54) is 0 Å². The van der Waals surface area contributed by atoms with Crippen LogP contribution in [0.1, 0.15) is 13.8 Å². The quantitative estimate of drug-likeness (QED) is 0.654. The smallest absolute Gasteiger partial charge is 0.261 e. The van der Waals surface area contributed by atoms with E-state index in [1.54, 1.807) is 13.8 Å². The minimum atomic E-state index is -2.40. The summed E-state index contributed by atoms with van der Waals surface area (Å²) in [6, 6.07) is 0. The average molecular weight is 153 g/mol. The molecule has 2 N–H and O–H groups in total. The number of alkyl halides is 2. The summed E-state index contributed by atoms with van der Waals surface area (Å²) in [4.78, 5) is 0. The van der Waals surface area contributed by atoms with Crippen LogP contribution in [0.2, 0.25) is 0 Å². The van der Waals surface area contributed by atoms with Crippen LogP contribution in [0, 0.1) is 0 Å². The first-order valence-electron chi connectivity index (χ1n) is 3.06. The highest BCUT2D eigenvalue weighted by Crippen LogP contribution is 1.99. The molecule has 0 bridgehead atoms. The van der Waals surface area contributed by atoms with Crippen LogP contribution in [0.25, 0.3) is 0 Å². The maximum Gasteiger partial charge on any atom is 0.261 e. The Morgan fingerprint density at radius 1 is 1.50 bits per heavy atom. The summed E-state index contributed by atoms with van der Waals surface area (Å²) >= 11 is 0. The highest BCUT2D eigenvalue weighted by atomic mass is 19.3. The van der Waals surface area contributed by atoms with Gasteiger partial charge in [-0.1, -0.05) is 0 Å². The SMILES string of the molecule is CC(C)(N)COCC(F)F. The van der Waals surface area contributed by atoms with E-state index in [0.29, 0.717) is 0 Å². The van der Waals surface area contributed by atoms with E-state index >= 15 is 0 Å². The van der Waals surface area contributed by atoms with Crippen LogP contribution in [0.4, 0.5) is 8.78 Å². The molecule has 10 heavy (non-hydrogen) atoms. The number of hydrogen-bond acceptors (Lipinski definition) is 2. The third kappa shape index (κ3) is 7.78. The van der Waals surface area contributed by atoms with Gasteiger partial charge in [0, 0.05) is 5.54 Å². The van der Waals surface area contributed by atoms with Crippen molar-refractivity contribution < 1.29 is 13.5 Å². The van der Waals surface area contributed by atoms with Gasteiger partial charge in [0.1, 0.15) is 6.61 Å². The lowest BCUT2D eigenvalue weighted by Crippen LogP contribution is -2.37. The Bertz CT molecular complexity index is 90.2. The maximum absolute atomic E-state index is 11.4. The molecular formula is C6H13F2NO. The lowest BCUT2D eigenvalue weighted by atomic mass is 10.1. The molecule has 0 fully saturated rings. The van der Waals surface area contributed by atoms with Gasteiger partial charge in [-0.05, 0) is 13.8 Å². The summed E-state index contributed by atoms with van der Waals surface area (Å²) in [5, 5.41) is 0. The van der Waals surface area contributed by atoms with Crippen LogP contribution >= 0.6 is 0 Å². The average Bonchev–Trinajstić information content (AvgIpc) is 1.59. The molecule has 0 aromatic carbocycles. The maximum atomic E-state index is 11.4. The molecule has 62 valence electrons. The first-order chi connectivity index (χ1) is 4.42. The van der Waals surface area contributed by atoms with Crippen LogP contribution in [-0.4, -0.2) is 25.2 Å². The topological polar surface area (TPSA) is 35.2 Å². The van der Waals surface area contributed by atoms with E-state index in [4.69, 9.17) is 5.73 Å². The Morgan fingerprint density at radius 2 is 2.00 bits per heavy atom. The van der Waals surface area contributed by atoms with E-state index in [2.05, 4.69) is 4.74 Å². The van der Waals surface area contributed by atoms with Crippen LogP contribution in [-0.2, 0) is 4.74 Å². The zero-order valence-corrected chi connectivity index (χ0v) is 6.23. The Kier molecular flexibility index (Phi) is 3.75. The first-order valence-corrected chi connectivity index (χ1v) is 3.06. The number of nitrogens with two attached hydrogens (primary N) is 1. The fraction of sp³-hybridized carbons (Fsp3) is 1.00. The van der Waals surface area contributed by atoms with Crippen molar-refractivity contribution in [3.8, 4) is 0 Å². The van der Waals surface area contributed by atoms with Crippen molar-refractivity contribution in [1.29, 1.82) is 0 Å². The zero-order chi connectivity index (χ0) is 8.20. The standard InChI is InChI=1S/C6H13F2NO/c1-6(2,9)4-10-3-5(7)8/h5H,3-4,9H2,1-2H3. The molecule has 0 unspecified atom stereocenters. The predicted octanol–water partition coefficient (Wildman–Crippen LogP) is 1.01. The van der Waals surface area contributed by atoms with Gasteiger partial charge >= 0.3 is 0 Å². The molecule has 0 aromatic rings. The molecule has 2 nitrogen and oxygen atoms in total. The van der Waals surface area contributed by atoms with Gasteiger partial charge in [-0.3, -0.25) is 0 Å². The Morgan fingerprint density at radius 3 is 2.30 bits per heavy atom. The van der Waals surface area contributed by atoms with Gasteiger partial charge in [-0.15, -0.1) is 0 Å². The summed E-state index contributed by atoms with van der Waals surface area (Å²) in [5.41, 5.74) is 4.93. The van der Waals surface area contributed by atoms with Gasteiger partial charge < -0.3 is 10.5 Å². The van der Waals surface area contributed by atoms with Crippen molar-refractivity contribution in [2.75, 3.05) is 13.2 Å². The van der Waals surface area contributed by atoms with Crippen LogP contribution in [0.15, 0.2) is 0 Å². The molecule has 0 heterocycles. The molecule has 0 amide bonds. The molecule has 0 aromatic heterocycles. The molecule has 0 aliphatic heterocycles. The minimum absolute atomic E-state index is 0.164. The molecular weight excluding hydrogens is 140 g/mol. The summed E-state index contributed by atoms with van der Waals surface area (Å²) in [6.45, 7) is 3.08. The fourth-order valence-electron chi connectivity index (χ4n) is 0.411. The molecule has 0 saturated heterocycles. The Labute approximate surface area is 59.3 Å². The first kappa shape index (κ1) is 9.78. The molecule has 0 atom stereocenters. The van der Waals surface area contributed by atoms with Crippen molar-refractivity contribution in [2.24, 2.45) is 5.73 Å². The fourth-order valence-corrected chi connectivity index (χ4v) is 0.411. The molecule has 0 radical (unpaired) electrons. The second-order valence-corrected chi connectivity index (χ2v) is 2.89. The molecule has 0 spiro atoms. The van der Waals surface area contributed by atoms with Crippen molar-refractivity contribution in [3.05, 3.63) is 0 Å². The van der Waals surface area contributed by atoms with Crippen molar-refractivity contribution in [1.82, 2.24) is 0 Å². The van der Waals surface area contributed by atoms with Crippen molar-refractivity contribution in [2.45, 2.75) is 25.8 Å². The minimum Gasteiger partial charge on any atom is -0.374 e. The largest absolute Gasteiger partial charge is 0.374 e. The summed E-state index contributed by atoms with van der Waals surface area (Å²) in [5.74, 6) is 0. The van der Waals surface area contributed by atoms with Crippen LogP contribution in [0.3, 0.4) is 0 Å². The summed E-state index contributed by atoms with van der Waals surface area (Å²) in [6.07, 6.45) is -2.40. The third-order valence-corrected chi connectivity index (χ3v) is 0.718. The zero-order valence-electron chi connectivity index (χ0n) is 6.23. The van der Waals surface area contributed by atoms with E-state index in [-0.39, 0.29) is 6.61 Å². The number of rotatable bonds is 4. The lowest BCUT2D eigenvalue weighted by molar-refractivity contribution is 0.00335. The highest BCUT2D eigenvalue weighted by molar-refractivity contribution is 4.69. The van der Waals surface area contributed by atoms with Gasteiger partial charge in [0.15, 0.2) is 0 Å². The summed E-state index contributed by atoms with van der Waals surface area (Å²) in [7, 11) is 0. The molecule has 0 aliphatic carbocycles. The second-order valence-electron chi connectivity index (χ2n) is 2.89. The normalized spacial score (nSPS) is 12.6.